The Kier molecular flexibility index (Phi) is 7.64. The molecule has 1 saturated heterocycles. The van der Waals surface area contributed by atoms with Gasteiger partial charge < -0.3 is 28.8 Å². The standard InChI is InChI=1S/C35H42O9/c1-19(2)13-14-22-28-21(16-17-32(4,5)42-28)26(36)25-27(37)23-11-10-12-24-33(6,7)44-34(31(39)41-9,35(23,24)43-29(22)25)18-15-20(3)30(38)40-8/h11,13,15-17,24,36H,10,12,14,18H2,1-9H3/b20-15-/t24-,34+,35+/m1/s1. The van der Waals surface area contributed by atoms with Crippen LogP contribution in [0, 0.1) is 5.92 Å². The van der Waals surface area contributed by atoms with Gasteiger partial charge in [-0.3, -0.25) is 4.79 Å². The van der Waals surface area contributed by atoms with Crippen molar-refractivity contribution >= 4 is 23.8 Å². The van der Waals surface area contributed by atoms with Gasteiger partial charge in [0.1, 0.15) is 28.4 Å². The summed E-state index contributed by atoms with van der Waals surface area (Å²) >= 11 is 0. The number of fused-ring (bicyclic) bond motifs is 2. The van der Waals surface area contributed by atoms with Gasteiger partial charge in [0, 0.05) is 29.0 Å². The van der Waals surface area contributed by atoms with E-state index in [-0.39, 0.29) is 34.6 Å². The average Bonchev–Trinajstić information content (AvgIpc) is 3.17. The highest BCUT2D eigenvalue weighted by Crippen LogP contribution is 2.64. The van der Waals surface area contributed by atoms with Crippen molar-refractivity contribution in [3.05, 3.63) is 57.7 Å². The van der Waals surface area contributed by atoms with E-state index >= 15 is 0 Å². The molecule has 1 aliphatic carbocycles. The van der Waals surface area contributed by atoms with Gasteiger partial charge in [-0.1, -0.05) is 23.8 Å². The Morgan fingerprint density at radius 3 is 2.39 bits per heavy atom. The molecule has 5 rings (SSSR count). The second kappa shape index (κ2) is 10.6. The van der Waals surface area contributed by atoms with Crippen LogP contribution in [0.1, 0.15) is 89.2 Å². The molecule has 3 atom stereocenters. The summed E-state index contributed by atoms with van der Waals surface area (Å²) in [6, 6.07) is 0. The number of ketones is 1. The summed E-state index contributed by atoms with van der Waals surface area (Å²) < 4.78 is 30.6. The molecule has 9 heteroatoms. The molecule has 0 amide bonds. The highest BCUT2D eigenvalue weighted by molar-refractivity contribution is 6.17. The number of esters is 2. The summed E-state index contributed by atoms with van der Waals surface area (Å²) in [6.07, 6.45) is 10.3. The summed E-state index contributed by atoms with van der Waals surface area (Å²) in [4.78, 5) is 41.2. The van der Waals surface area contributed by atoms with Crippen LogP contribution in [0.15, 0.2) is 41.0 Å². The lowest BCUT2D eigenvalue weighted by Crippen LogP contribution is -2.67. The van der Waals surface area contributed by atoms with Crippen molar-refractivity contribution in [1.29, 1.82) is 0 Å². The van der Waals surface area contributed by atoms with Crippen molar-refractivity contribution in [1.82, 2.24) is 0 Å². The van der Waals surface area contributed by atoms with Crippen LogP contribution in [0.4, 0.5) is 0 Å². The summed E-state index contributed by atoms with van der Waals surface area (Å²) in [6.45, 7) is 13.1. The highest BCUT2D eigenvalue weighted by Gasteiger charge is 2.77. The maximum Gasteiger partial charge on any atom is 0.343 e. The first kappa shape index (κ1) is 31.6. The van der Waals surface area contributed by atoms with E-state index in [4.69, 9.17) is 23.7 Å². The summed E-state index contributed by atoms with van der Waals surface area (Å²) in [7, 11) is 2.54. The molecular formula is C35H42O9. The third kappa shape index (κ3) is 4.50. The van der Waals surface area contributed by atoms with Crippen molar-refractivity contribution in [3.63, 3.8) is 0 Å². The number of methoxy groups -OCH3 is 2. The molecule has 1 spiro atoms. The van der Waals surface area contributed by atoms with Crippen LogP contribution >= 0.6 is 0 Å². The Morgan fingerprint density at radius 2 is 1.75 bits per heavy atom. The second-order valence-corrected chi connectivity index (χ2v) is 13.3. The van der Waals surface area contributed by atoms with Crippen molar-refractivity contribution in [2.24, 2.45) is 5.92 Å². The molecule has 1 fully saturated rings. The van der Waals surface area contributed by atoms with Gasteiger partial charge in [-0.05, 0) is 79.9 Å². The molecule has 0 radical (unpaired) electrons. The van der Waals surface area contributed by atoms with Gasteiger partial charge in [-0.2, -0.15) is 0 Å². The predicted octanol–water partition coefficient (Wildman–Crippen LogP) is 5.97. The summed E-state index contributed by atoms with van der Waals surface area (Å²) in [5, 5.41) is 11.6. The van der Waals surface area contributed by atoms with Gasteiger partial charge in [0.15, 0.2) is 11.4 Å². The molecule has 1 aromatic carbocycles. The molecule has 0 saturated carbocycles. The molecule has 0 bridgehead atoms. The fourth-order valence-electron chi connectivity index (χ4n) is 7.24. The van der Waals surface area contributed by atoms with E-state index in [0.29, 0.717) is 36.1 Å². The first-order valence-corrected chi connectivity index (χ1v) is 15.0. The van der Waals surface area contributed by atoms with E-state index < -0.39 is 46.0 Å². The third-order valence-electron chi connectivity index (χ3n) is 9.27. The fraction of sp³-hybridized carbons (Fsp3) is 0.514. The summed E-state index contributed by atoms with van der Waals surface area (Å²) in [5.41, 5.74) is -2.59. The molecule has 1 N–H and O–H groups in total. The lowest BCUT2D eigenvalue weighted by atomic mass is 9.60. The smallest absolute Gasteiger partial charge is 0.343 e. The Morgan fingerprint density at radius 1 is 1.05 bits per heavy atom. The maximum absolute atomic E-state index is 14.7. The molecule has 236 valence electrons. The molecule has 3 aliphatic heterocycles. The molecule has 4 aliphatic rings. The Hall–Kier alpha value is -3.85. The van der Waals surface area contributed by atoms with Crippen molar-refractivity contribution < 1.29 is 43.2 Å². The van der Waals surface area contributed by atoms with Crippen LogP contribution in [0.3, 0.4) is 0 Å². The van der Waals surface area contributed by atoms with E-state index in [1.807, 2.05) is 53.7 Å². The summed E-state index contributed by atoms with van der Waals surface area (Å²) in [5.74, 6) is -1.88. The number of allylic oxidation sites excluding steroid dienone is 3. The zero-order valence-electron chi connectivity index (χ0n) is 27.0. The molecule has 0 aromatic heterocycles. The number of phenols is 1. The zero-order valence-corrected chi connectivity index (χ0v) is 27.0. The number of aromatic hydroxyl groups is 1. The molecule has 1 aromatic rings. The topological polar surface area (TPSA) is 118 Å². The van der Waals surface area contributed by atoms with Gasteiger partial charge in [-0.25, -0.2) is 9.59 Å². The normalized spacial score (nSPS) is 27.4. The van der Waals surface area contributed by atoms with Crippen molar-refractivity contribution in [2.75, 3.05) is 14.2 Å². The van der Waals surface area contributed by atoms with Crippen LogP contribution in [0.25, 0.3) is 6.08 Å². The third-order valence-corrected chi connectivity index (χ3v) is 9.27. The average molecular weight is 607 g/mol. The van der Waals surface area contributed by atoms with Gasteiger partial charge in [-0.15, -0.1) is 0 Å². The van der Waals surface area contributed by atoms with Crippen LogP contribution < -0.4 is 9.47 Å². The number of carbonyl (C=O) groups is 3. The first-order chi connectivity index (χ1) is 20.6. The minimum Gasteiger partial charge on any atom is -0.506 e. The maximum atomic E-state index is 14.7. The molecule has 44 heavy (non-hydrogen) atoms. The quantitative estimate of drug-likeness (QED) is 0.238. The van der Waals surface area contributed by atoms with E-state index in [0.717, 1.165) is 5.57 Å². The van der Waals surface area contributed by atoms with Crippen LogP contribution in [-0.2, 0) is 30.2 Å². The SMILES string of the molecule is COC(=O)/C(C)=C\C[C@@]1(C(=O)OC)OC(C)(C)[C@H]2CCC=C3C(=O)c4c(O)c5c(c(CC=C(C)C)c4O[C@@]321)OC(C)(C)C=C5. The lowest BCUT2D eigenvalue weighted by molar-refractivity contribution is -0.188. The largest absolute Gasteiger partial charge is 0.506 e. The number of hydrogen-bond acceptors (Lipinski definition) is 9. The molecular weight excluding hydrogens is 564 g/mol. The number of hydrogen-bond donors (Lipinski definition) is 1. The van der Waals surface area contributed by atoms with Crippen molar-refractivity contribution in [2.45, 2.75) is 96.6 Å². The number of ether oxygens (including phenoxy) is 5. The fourth-order valence-corrected chi connectivity index (χ4v) is 7.24. The van der Waals surface area contributed by atoms with Gasteiger partial charge in [0.2, 0.25) is 5.60 Å². The highest BCUT2D eigenvalue weighted by atomic mass is 16.6. The minimum absolute atomic E-state index is 0.0242. The Balaban J connectivity index is 1.86. The molecule has 0 unspecified atom stereocenters. The second-order valence-electron chi connectivity index (χ2n) is 13.3. The van der Waals surface area contributed by atoms with Crippen molar-refractivity contribution in [3.8, 4) is 17.2 Å². The number of phenolic OH excluding ortho intramolecular Hbond substituents is 1. The lowest BCUT2D eigenvalue weighted by Gasteiger charge is -2.50. The number of rotatable bonds is 6. The monoisotopic (exact) mass is 606 g/mol. The first-order valence-electron chi connectivity index (χ1n) is 15.0. The number of carbonyl (C=O) groups excluding carboxylic acids is 3. The van der Waals surface area contributed by atoms with Gasteiger partial charge in [0.05, 0.1) is 25.4 Å². The molecule has 3 heterocycles. The van der Waals surface area contributed by atoms with E-state index in [1.54, 1.807) is 25.2 Å². The Bertz CT molecular complexity index is 1570. The van der Waals surface area contributed by atoms with Crippen LogP contribution in [0.2, 0.25) is 0 Å². The predicted molar refractivity (Wildman–Crippen MR) is 164 cm³/mol. The van der Waals surface area contributed by atoms with Crippen LogP contribution in [0.5, 0.6) is 17.2 Å². The van der Waals surface area contributed by atoms with E-state index in [2.05, 4.69) is 0 Å². The van der Waals surface area contributed by atoms with E-state index in [1.165, 1.54) is 14.2 Å². The number of Topliss-reactive ketones (excluding diaryl/α,β-unsaturated/α-hetero) is 1. The number of benzene rings is 1. The van der Waals surface area contributed by atoms with Crippen LogP contribution in [-0.4, -0.2) is 59.5 Å². The minimum atomic E-state index is -1.86. The molecule has 9 nitrogen and oxygen atoms in total. The van der Waals surface area contributed by atoms with Gasteiger partial charge in [0.25, 0.3) is 0 Å². The zero-order chi connectivity index (χ0) is 32.4. The Labute approximate surface area is 258 Å². The van der Waals surface area contributed by atoms with Gasteiger partial charge >= 0.3 is 11.9 Å². The van der Waals surface area contributed by atoms with E-state index in [9.17, 15) is 19.5 Å².